The second kappa shape index (κ2) is 5.24. The number of aromatic nitrogens is 2. The lowest BCUT2D eigenvalue weighted by Gasteiger charge is -2.08. The number of benzene rings is 1. The van der Waals surface area contributed by atoms with E-state index in [1.807, 2.05) is 48.9 Å². The van der Waals surface area contributed by atoms with Crippen LogP contribution in [0.1, 0.15) is 18.3 Å². The van der Waals surface area contributed by atoms with Gasteiger partial charge in [-0.05, 0) is 32.9 Å². The summed E-state index contributed by atoms with van der Waals surface area (Å²) in [6.07, 6.45) is 0. The first-order chi connectivity index (χ1) is 9.00. The fourth-order valence-corrected chi connectivity index (χ4v) is 1.88. The summed E-state index contributed by atoms with van der Waals surface area (Å²) in [7, 11) is 0. The number of carbonyl (C=O) groups excluding carboxylic acids is 1. The largest absolute Gasteiger partial charge is 0.322 e. The lowest BCUT2D eigenvalue weighted by Crippen LogP contribution is -2.32. The summed E-state index contributed by atoms with van der Waals surface area (Å²) < 4.78 is 1.81. The minimum Gasteiger partial charge on any atom is -0.322 e. The lowest BCUT2D eigenvalue weighted by atomic mass is 10.2. The van der Waals surface area contributed by atoms with Gasteiger partial charge in [-0.2, -0.15) is 5.10 Å². The molecule has 1 heterocycles. The minimum atomic E-state index is -0.543. The highest BCUT2D eigenvalue weighted by atomic mass is 16.2. The molecule has 0 saturated carbocycles. The number of amides is 1. The normalized spacial score (nSPS) is 12.2. The van der Waals surface area contributed by atoms with Crippen LogP contribution >= 0.6 is 0 Å². The van der Waals surface area contributed by atoms with Crippen LogP contribution in [-0.4, -0.2) is 21.7 Å². The Morgan fingerprint density at radius 2 is 1.95 bits per heavy atom. The van der Waals surface area contributed by atoms with Crippen molar-refractivity contribution in [1.29, 1.82) is 0 Å². The number of para-hydroxylation sites is 1. The summed E-state index contributed by atoms with van der Waals surface area (Å²) in [5, 5.41) is 7.27. The zero-order valence-corrected chi connectivity index (χ0v) is 11.3. The molecule has 1 atom stereocenters. The van der Waals surface area contributed by atoms with Gasteiger partial charge in [0.05, 0.1) is 28.8 Å². The van der Waals surface area contributed by atoms with E-state index in [1.54, 1.807) is 6.92 Å². The first-order valence-electron chi connectivity index (χ1n) is 6.18. The Kier molecular flexibility index (Phi) is 3.66. The zero-order valence-electron chi connectivity index (χ0n) is 11.3. The number of anilines is 1. The SMILES string of the molecule is Cc1nn(-c2ccccc2)c(C)c1NC(=O)[C@H](C)N. The molecule has 100 valence electrons. The molecule has 0 aliphatic carbocycles. The standard InChI is InChI=1S/C14H18N4O/c1-9(15)14(19)16-13-10(2)17-18(11(13)3)12-7-5-4-6-8-12/h4-9H,15H2,1-3H3,(H,16,19)/t9-/m0/s1. The molecule has 3 N–H and O–H groups in total. The number of hydrogen-bond acceptors (Lipinski definition) is 3. The first-order valence-corrected chi connectivity index (χ1v) is 6.18. The van der Waals surface area contributed by atoms with Gasteiger partial charge in [0, 0.05) is 0 Å². The van der Waals surface area contributed by atoms with E-state index < -0.39 is 6.04 Å². The molecule has 0 bridgehead atoms. The molecule has 1 aromatic carbocycles. The van der Waals surface area contributed by atoms with Crippen molar-refractivity contribution in [3.8, 4) is 5.69 Å². The highest BCUT2D eigenvalue weighted by molar-refractivity contribution is 5.95. The first kappa shape index (κ1) is 13.3. The Morgan fingerprint density at radius 3 is 2.53 bits per heavy atom. The Bertz CT molecular complexity index is 587. The third-order valence-electron chi connectivity index (χ3n) is 2.95. The van der Waals surface area contributed by atoms with Crippen LogP contribution in [0.5, 0.6) is 0 Å². The maximum atomic E-state index is 11.7. The summed E-state index contributed by atoms with van der Waals surface area (Å²) >= 11 is 0. The Labute approximate surface area is 112 Å². The van der Waals surface area contributed by atoms with Crippen molar-refractivity contribution in [3.05, 3.63) is 41.7 Å². The van der Waals surface area contributed by atoms with Crippen molar-refractivity contribution in [3.63, 3.8) is 0 Å². The van der Waals surface area contributed by atoms with Crippen molar-refractivity contribution < 1.29 is 4.79 Å². The summed E-state index contributed by atoms with van der Waals surface area (Å²) in [6.45, 7) is 5.44. The number of nitrogens with one attached hydrogen (secondary N) is 1. The predicted molar refractivity (Wildman–Crippen MR) is 75.3 cm³/mol. The topological polar surface area (TPSA) is 72.9 Å². The molecule has 0 aliphatic heterocycles. The summed E-state index contributed by atoms with van der Waals surface area (Å²) in [4.78, 5) is 11.7. The van der Waals surface area contributed by atoms with Crippen molar-refractivity contribution in [2.75, 3.05) is 5.32 Å². The highest BCUT2D eigenvalue weighted by Gasteiger charge is 2.16. The molecule has 0 saturated heterocycles. The van der Waals surface area contributed by atoms with E-state index in [0.29, 0.717) is 0 Å². The zero-order chi connectivity index (χ0) is 14.0. The lowest BCUT2D eigenvalue weighted by molar-refractivity contribution is -0.117. The quantitative estimate of drug-likeness (QED) is 0.881. The Hall–Kier alpha value is -2.14. The monoisotopic (exact) mass is 258 g/mol. The van der Waals surface area contributed by atoms with E-state index in [9.17, 15) is 4.79 Å². The molecular weight excluding hydrogens is 240 g/mol. The molecule has 1 aromatic heterocycles. The van der Waals surface area contributed by atoms with E-state index >= 15 is 0 Å². The van der Waals surface area contributed by atoms with Crippen LogP contribution in [0, 0.1) is 13.8 Å². The van der Waals surface area contributed by atoms with Crippen molar-refractivity contribution >= 4 is 11.6 Å². The average Bonchev–Trinajstić information content (AvgIpc) is 2.67. The van der Waals surface area contributed by atoms with E-state index in [2.05, 4.69) is 10.4 Å². The van der Waals surface area contributed by atoms with Gasteiger partial charge in [-0.15, -0.1) is 0 Å². The van der Waals surface area contributed by atoms with Gasteiger partial charge < -0.3 is 11.1 Å². The number of aryl methyl sites for hydroxylation is 1. The molecular formula is C14H18N4O. The van der Waals surface area contributed by atoms with Gasteiger partial charge in [-0.3, -0.25) is 4.79 Å². The number of carbonyl (C=O) groups is 1. The molecule has 5 heteroatoms. The Balaban J connectivity index is 2.38. The van der Waals surface area contributed by atoms with Crippen LogP contribution in [0.3, 0.4) is 0 Å². The Morgan fingerprint density at radius 1 is 1.32 bits per heavy atom. The van der Waals surface area contributed by atoms with Gasteiger partial charge in [0.15, 0.2) is 0 Å². The average molecular weight is 258 g/mol. The highest BCUT2D eigenvalue weighted by Crippen LogP contribution is 2.22. The van der Waals surface area contributed by atoms with Gasteiger partial charge in [-0.25, -0.2) is 4.68 Å². The second-order valence-electron chi connectivity index (χ2n) is 4.57. The molecule has 0 aliphatic rings. The fraction of sp³-hybridized carbons (Fsp3) is 0.286. The van der Waals surface area contributed by atoms with Gasteiger partial charge in [-0.1, -0.05) is 18.2 Å². The van der Waals surface area contributed by atoms with Crippen LogP contribution in [0.15, 0.2) is 30.3 Å². The molecule has 2 aromatic rings. The van der Waals surface area contributed by atoms with Crippen LogP contribution in [0.4, 0.5) is 5.69 Å². The molecule has 19 heavy (non-hydrogen) atoms. The van der Waals surface area contributed by atoms with Crippen molar-refractivity contribution in [2.24, 2.45) is 5.73 Å². The maximum absolute atomic E-state index is 11.7. The number of nitrogens with two attached hydrogens (primary N) is 1. The van der Waals surface area contributed by atoms with Gasteiger partial charge >= 0.3 is 0 Å². The van der Waals surface area contributed by atoms with E-state index in [0.717, 1.165) is 22.8 Å². The third kappa shape index (κ3) is 2.66. The maximum Gasteiger partial charge on any atom is 0.241 e. The second-order valence-corrected chi connectivity index (χ2v) is 4.57. The van der Waals surface area contributed by atoms with Crippen LogP contribution in [-0.2, 0) is 4.79 Å². The minimum absolute atomic E-state index is 0.209. The number of nitrogens with zero attached hydrogens (tertiary/aromatic N) is 2. The molecule has 1 amide bonds. The van der Waals surface area contributed by atoms with Crippen LogP contribution in [0.2, 0.25) is 0 Å². The van der Waals surface area contributed by atoms with Crippen LogP contribution in [0.25, 0.3) is 5.69 Å². The van der Waals surface area contributed by atoms with Crippen molar-refractivity contribution in [1.82, 2.24) is 9.78 Å². The molecule has 5 nitrogen and oxygen atoms in total. The molecule has 0 spiro atoms. The molecule has 0 fully saturated rings. The molecule has 2 rings (SSSR count). The summed E-state index contributed by atoms with van der Waals surface area (Å²) in [5.74, 6) is -0.209. The van der Waals surface area contributed by atoms with Crippen LogP contribution < -0.4 is 11.1 Å². The third-order valence-corrected chi connectivity index (χ3v) is 2.95. The number of hydrogen-bond donors (Lipinski definition) is 2. The summed E-state index contributed by atoms with van der Waals surface area (Å²) in [6, 6.07) is 9.25. The van der Waals surface area contributed by atoms with Gasteiger partial charge in [0.1, 0.15) is 0 Å². The van der Waals surface area contributed by atoms with Gasteiger partial charge in [0.2, 0.25) is 5.91 Å². The number of rotatable bonds is 3. The van der Waals surface area contributed by atoms with E-state index in [-0.39, 0.29) is 5.91 Å². The predicted octanol–water partition coefficient (Wildman–Crippen LogP) is 1.77. The van der Waals surface area contributed by atoms with E-state index in [4.69, 9.17) is 5.73 Å². The fourth-order valence-electron chi connectivity index (χ4n) is 1.88. The summed E-state index contributed by atoms with van der Waals surface area (Å²) in [5.41, 5.74) is 8.91. The smallest absolute Gasteiger partial charge is 0.241 e. The molecule has 0 radical (unpaired) electrons. The van der Waals surface area contributed by atoms with Crippen molar-refractivity contribution in [2.45, 2.75) is 26.8 Å². The molecule has 0 unspecified atom stereocenters. The van der Waals surface area contributed by atoms with E-state index in [1.165, 1.54) is 0 Å². The van der Waals surface area contributed by atoms with Gasteiger partial charge in [0.25, 0.3) is 0 Å².